The van der Waals surface area contributed by atoms with Crippen molar-refractivity contribution in [3.63, 3.8) is 0 Å². The molecule has 5 nitrogen and oxygen atoms in total. The minimum Gasteiger partial charge on any atom is -0.444 e. The van der Waals surface area contributed by atoms with Crippen LogP contribution in [0.15, 0.2) is 45.5 Å². The van der Waals surface area contributed by atoms with E-state index in [0.717, 1.165) is 5.56 Å². The van der Waals surface area contributed by atoms with Crippen LogP contribution in [-0.4, -0.2) is 30.8 Å². The third-order valence-electron chi connectivity index (χ3n) is 3.14. The average Bonchev–Trinajstić information content (AvgIpc) is 2.92. The van der Waals surface area contributed by atoms with Gasteiger partial charge < -0.3 is 14.6 Å². The van der Waals surface area contributed by atoms with Crippen LogP contribution in [0.2, 0.25) is 0 Å². The predicted molar refractivity (Wildman–Crippen MR) is 87.8 cm³/mol. The van der Waals surface area contributed by atoms with Crippen molar-refractivity contribution in [3.8, 4) is 0 Å². The standard InChI is InChI=1S/C16H17BrN2O3/c1-19(2)15(20)10-5-11-3-6-12(7-4-11)18-16(21)13-8-9-14(17)22-13/h3-4,6-9H,5,10H2,1-2H3,(H,18,21). The molecule has 0 radical (unpaired) electrons. The highest BCUT2D eigenvalue weighted by atomic mass is 79.9. The van der Waals surface area contributed by atoms with E-state index in [1.807, 2.05) is 24.3 Å². The van der Waals surface area contributed by atoms with Crippen LogP contribution in [0.4, 0.5) is 5.69 Å². The number of carbonyl (C=O) groups is 2. The van der Waals surface area contributed by atoms with Crippen molar-refractivity contribution >= 4 is 33.4 Å². The molecular weight excluding hydrogens is 348 g/mol. The van der Waals surface area contributed by atoms with E-state index >= 15 is 0 Å². The number of nitrogens with one attached hydrogen (secondary N) is 1. The van der Waals surface area contributed by atoms with Gasteiger partial charge in [0.1, 0.15) is 0 Å². The Morgan fingerprint density at radius 2 is 1.82 bits per heavy atom. The predicted octanol–water partition coefficient (Wildman–Crippen LogP) is 3.32. The first-order valence-corrected chi connectivity index (χ1v) is 7.61. The topological polar surface area (TPSA) is 62.6 Å². The van der Waals surface area contributed by atoms with E-state index in [2.05, 4.69) is 21.2 Å². The lowest BCUT2D eigenvalue weighted by Gasteiger charge is -2.10. The molecular formula is C16H17BrN2O3. The molecule has 0 atom stereocenters. The van der Waals surface area contributed by atoms with Crippen LogP contribution in [0, 0.1) is 0 Å². The molecule has 0 aliphatic heterocycles. The van der Waals surface area contributed by atoms with Crippen molar-refractivity contribution in [1.82, 2.24) is 4.90 Å². The molecule has 2 rings (SSSR count). The quantitative estimate of drug-likeness (QED) is 0.884. The molecule has 116 valence electrons. The molecule has 0 saturated carbocycles. The number of halogens is 1. The number of benzene rings is 1. The first-order valence-electron chi connectivity index (χ1n) is 6.81. The molecule has 1 heterocycles. The molecule has 0 bridgehead atoms. The highest BCUT2D eigenvalue weighted by Crippen LogP contribution is 2.17. The molecule has 0 fully saturated rings. The molecule has 0 spiro atoms. The van der Waals surface area contributed by atoms with Gasteiger partial charge in [-0.2, -0.15) is 0 Å². The zero-order chi connectivity index (χ0) is 16.1. The smallest absolute Gasteiger partial charge is 0.291 e. The third-order valence-corrected chi connectivity index (χ3v) is 3.56. The van der Waals surface area contributed by atoms with Gasteiger partial charge in [-0.25, -0.2) is 0 Å². The Bertz CT molecular complexity index is 662. The normalized spacial score (nSPS) is 10.3. The van der Waals surface area contributed by atoms with E-state index < -0.39 is 0 Å². The number of hydrogen-bond acceptors (Lipinski definition) is 3. The van der Waals surface area contributed by atoms with Gasteiger partial charge in [-0.1, -0.05) is 12.1 Å². The van der Waals surface area contributed by atoms with E-state index in [4.69, 9.17) is 4.42 Å². The van der Waals surface area contributed by atoms with E-state index in [-0.39, 0.29) is 17.6 Å². The minimum absolute atomic E-state index is 0.0979. The summed E-state index contributed by atoms with van der Waals surface area (Å²) in [5, 5.41) is 2.75. The van der Waals surface area contributed by atoms with Crippen molar-refractivity contribution in [2.75, 3.05) is 19.4 Å². The van der Waals surface area contributed by atoms with E-state index in [9.17, 15) is 9.59 Å². The number of nitrogens with zero attached hydrogens (tertiary/aromatic N) is 1. The molecule has 0 aliphatic rings. The summed E-state index contributed by atoms with van der Waals surface area (Å²) in [6, 6.07) is 10.7. The Balaban J connectivity index is 1.91. The fourth-order valence-corrected chi connectivity index (χ4v) is 2.17. The number of anilines is 1. The monoisotopic (exact) mass is 364 g/mol. The maximum Gasteiger partial charge on any atom is 0.291 e. The molecule has 0 unspecified atom stereocenters. The number of furan rings is 1. The molecule has 1 N–H and O–H groups in total. The van der Waals surface area contributed by atoms with Gasteiger partial charge in [-0.3, -0.25) is 9.59 Å². The van der Waals surface area contributed by atoms with Crippen molar-refractivity contribution < 1.29 is 14.0 Å². The van der Waals surface area contributed by atoms with Gasteiger partial charge in [0.25, 0.3) is 5.91 Å². The van der Waals surface area contributed by atoms with Crippen LogP contribution in [0.3, 0.4) is 0 Å². The largest absolute Gasteiger partial charge is 0.444 e. The lowest BCUT2D eigenvalue weighted by molar-refractivity contribution is -0.128. The van der Waals surface area contributed by atoms with Gasteiger partial charge in [-0.05, 0) is 52.2 Å². The fraction of sp³-hybridized carbons (Fsp3) is 0.250. The third kappa shape index (κ3) is 4.46. The number of carbonyl (C=O) groups excluding carboxylic acids is 2. The first kappa shape index (κ1) is 16.3. The van der Waals surface area contributed by atoms with Gasteiger partial charge in [0, 0.05) is 26.2 Å². The Labute approximate surface area is 137 Å². The summed E-state index contributed by atoms with van der Waals surface area (Å²) in [5.41, 5.74) is 1.73. The maximum atomic E-state index is 11.9. The molecule has 1 aromatic heterocycles. The second-order valence-corrected chi connectivity index (χ2v) is 5.82. The summed E-state index contributed by atoms with van der Waals surface area (Å²) >= 11 is 3.16. The van der Waals surface area contributed by atoms with E-state index in [0.29, 0.717) is 23.2 Å². The Morgan fingerprint density at radius 1 is 1.14 bits per heavy atom. The van der Waals surface area contributed by atoms with Crippen LogP contribution in [0.1, 0.15) is 22.5 Å². The lowest BCUT2D eigenvalue weighted by atomic mass is 10.1. The molecule has 0 saturated heterocycles. The van der Waals surface area contributed by atoms with Crippen molar-refractivity contribution in [3.05, 3.63) is 52.4 Å². The Kier molecular flexibility index (Phi) is 5.38. The second-order valence-electron chi connectivity index (χ2n) is 5.04. The zero-order valence-electron chi connectivity index (χ0n) is 12.4. The summed E-state index contributed by atoms with van der Waals surface area (Å²) in [6.45, 7) is 0. The van der Waals surface area contributed by atoms with Crippen LogP contribution < -0.4 is 5.32 Å². The lowest BCUT2D eigenvalue weighted by Crippen LogP contribution is -2.21. The number of amides is 2. The molecule has 2 amide bonds. The molecule has 2 aromatic rings. The van der Waals surface area contributed by atoms with Crippen LogP contribution in [0.5, 0.6) is 0 Å². The number of rotatable bonds is 5. The number of aryl methyl sites for hydroxylation is 1. The van der Waals surface area contributed by atoms with Crippen molar-refractivity contribution in [2.24, 2.45) is 0 Å². The van der Waals surface area contributed by atoms with Crippen LogP contribution >= 0.6 is 15.9 Å². The molecule has 6 heteroatoms. The van der Waals surface area contributed by atoms with Crippen molar-refractivity contribution in [2.45, 2.75) is 12.8 Å². The minimum atomic E-state index is -0.304. The highest BCUT2D eigenvalue weighted by molar-refractivity contribution is 9.10. The highest BCUT2D eigenvalue weighted by Gasteiger charge is 2.10. The van der Waals surface area contributed by atoms with Crippen LogP contribution in [-0.2, 0) is 11.2 Å². The van der Waals surface area contributed by atoms with Gasteiger partial charge in [-0.15, -0.1) is 0 Å². The van der Waals surface area contributed by atoms with Crippen molar-refractivity contribution in [1.29, 1.82) is 0 Å². The summed E-state index contributed by atoms with van der Waals surface area (Å²) in [7, 11) is 3.49. The molecule has 1 aromatic carbocycles. The molecule has 0 aliphatic carbocycles. The maximum absolute atomic E-state index is 11.9. The fourth-order valence-electron chi connectivity index (χ4n) is 1.86. The Morgan fingerprint density at radius 3 is 2.36 bits per heavy atom. The van der Waals surface area contributed by atoms with Gasteiger partial charge in [0.2, 0.25) is 5.91 Å². The van der Waals surface area contributed by atoms with E-state index in [1.165, 1.54) is 0 Å². The van der Waals surface area contributed by atoms with Gasteiger partial charge in [0.05, 0.1) is 0 Å². The summed E-state index contributed by atoms with van der Waals surface area (Å²) in [6.07, 6.45) is 1.15. The van der Waals surface area contributed by atoms with Gasteiger partial charge in [0.15, 0.2) is 10.4 Å². The Hall–Kier alpha value is -2.08. The van der Waals surface area contributed by atoms with Crippen LogP contribution in [0.25, 0.3) is 0 Å². The zero-order valence-corrected chi connectivity index (χ0v) is 14.0. The average molecular weight is 365 g/mol. The molecule has 22 heavy (non-hydrogen) atoms. The van der Waals surface area contributed by atoms with Gasteiger partial charge >= 0.3 is 0 Å². The SMILES string of the molecule is CN(C)C(=O)CCc1ccc(NC(=O)c2ccc(Br)o2)cc1. The summed E-state index contributed by atoms with van der Waals surface area (Å²) < 4.78 is 5.70. The number of hydrogen-bond donors (Lipinski definition) is 1. The van der Waals surface area contributed by atoms with E-state index in [1.54, 1.807) is 31.1 Å². The summed E-state index contributed by atoms with van der Waals surface area (Å²) in [5.74, 6) is 0.0366. The first-order chi connectivity index (χ1) is 10.5. The summed E-state index contributed by atoms with van der Waals surface area (Å²) in [4.78, 5) is 25.0. The second kappa shape index (κ2) is 7.26.